The number of carbonyl (C=O) groups excluding carboxylic acids is 2. The van der Waals surface area contributed by atoms with Gasteiger partial charge in [-0.3, -0.25) is 14.4 Å². The first-order valence-electron chi connectivity index (χ1n) is 10.7. The van der Waals surface area contributed by atoms with Crippen molar-refractivity contribution < 1.29 is 19.1 Å². The second-order valence-corrected chi connectivity index (χ2v) is 9.35. The average Bonchev–Trinajstić information content (AvgIpc) is 3.25. The summed E-state index contributed by atoms with van der Waals surface area (Å²) in [5, 5.41) is 11.1. The minimum absolute atomic E-state index is 0.0982. The van der Waals surface area contributed by atoms with E-state index in [1.165, 1.54) is 39.1 Å². The molecule has 1 aliphatic heterocycles. The smallest absolute Gasteiger partial charge is 0.275 e. The van der Waals surface area contributed by atoms with Gasteiger partial charge in [0.2, 0.25) is 5.43 Å². The van der Waals surface area contributed by atoms with Gasteiger partial charge in [0.15, 0.2) is 17.2 Å². The maximum Gasteiger partial charge on any atom is 0.275 e. The monoisotopic (exact) mass is 469 g/mol. The van der Waals surface area contributed by atoms with Crippen LogP contribution in [0.2, 0.25) is 0 Å². The van der Waals surface area contributed by atoms with E-state index >= 15 is 0 Å². The van der Waals surface area contributed by atoms with Gasteiger partial charge in [0.25, 0.3) is 5.91 Å². The zero-order valence-electron chi connectivity index (χ0n) is 18.6. The molecule has 0 saturated heterocycles. The maximum absolute atomic E-state index is 13.2. The molecule has 0 unspecified atom stereocenters. The molecule has 2 aromatic heterocycles. The number of pyridine rings is 1. The van der Waals surface area contributed by atoms with Crippen LogP contribution in [0.15, 0.2) is 41.5 Å². The summed E-state index contributed by atoms with van der Waals surface area (Å²) in [7, 11) is 0. The summed E-state index contributed by atoms with van der Waals surface area (Å²) in [6, 6.07) is 6.14. The minimum Gasteiger partial charge on any atom is -0.503 e. The lowest BCUT2D eigenvalue weighted by molar-refractivity contribution is -0.130. The summed E-state index contributed by atoms with van der Waals surface area (Å²) in [5.41, 5.74) is -0.816. The van der Waals surface area contributed by atoms with E-state index in [1.54, 1.807) is 39.1 Å². The third-order valence-corrected chi connectivity index (χ3v) is 7.12. The largest absolute Gasteiger partial charge is 0.503 e. The second-order valence-electron chi connectivity index (χ2n) is 8.23. The SMILES string of the molecule is CCC(=O)[C@@]1(C)Cn2cc(-c3ncc(Cc4ccc(F)cc4)s3)c(=O)c(O)c2C(=O)N1CC. The van der Waals surface area contributed by atoms with Crippen LogP contribution in [0.1, 0.15) is 48.1 Å². The standard InChI is InChI=1S/C24H24FN3O4S/c1-4-18(29)24(3)13-27-12-17(20(30)21(31)19(27)23(32)28(24)5-2)22-26-11-16(33-22)10-14-6-8-15(25)9-7-14/h6-9,11-12,31H,4-5,10,13H2,1-3H3/t24-/m1/s1. The van der Waals surface area contributed by atoms with Gasteiger partial charge in [-0.15, -0.1) is 11.3 Å². The van der Waals surface area contributed by atoms with Crippen LogP contribution in [0, 0.1) is 5.82 Å². The second kappa shape index (κ2) is 8.55. The number of carbonyl (C=O) groups is 2. The van der Waals surface area contributed by atoms with Gasteiger partial charge in [-0.2, -0.15) is 0 Å². The number of rotatable bonds is 6. The number of aromatic nitrogens is 2. The zero-order chi connectivity index (χ0) is 23.9. The van der Waals surface area contributed by atoms with Crippen LogP contribution in [0.5, 0.6) is 5.75 Å². The molecule has 0 saturated carbocycles. The number of likely N-dealkylation sites (N-methyl/N-ethyl adjacent to an activating group) is 1. The van der Waals surface area contributed by atoms with E-state index in [4.69, 9.17) is 0 Å². The molecule has 0 aliphatic carbocycles. The molecule has 1 aromatic carbocycles. The highest BCUT2D eigenvalue weighted by molar-refractivity contribution is 7.15. The number of benzene rings is 1. The zero-order valence-corrected chi connectivity index (χ0v) is 19.4. The van der Waals surface area contributed by atoms with Crippen molar-refractivity contribution in [3.8, 4) is 16.3 Å². The molecule has 1 aliphatic rings. The van der Waals surface area contributed by atoms with Crippen molar-refractivity contribution in [1.82, 2.24) is 14.5 Å². The molecule has 0 bridgehead atoms. The Kier molecular flexibility index (Phi) is 5.92. The van der Waals surface area contributed by atoms with Crippen molar-refractivity contribution in [3.05, 3.63) is 68.8 Å². The summed E-state index contributed by atoms with van der Waals surface area (Å²) < 4.78 is 14.6. The Hall–Kier alpha value is -3.33. The van der Waals surface area contributed by atoms with E-state index in [0.717, 1.165) is 10.4 Å². The Morgan fingerprint density at radius 1 is 1.24 bits per heavy atom. The molecule has 0 fully saturated rings. The van der Waals surface area contributed by atoms with Crippen LogP contribution in [0.4, 0.5) is 4.39 Å². The lowest BCUT2D eigenvalue weighted by Crippen LogP contribution is -2.61. The summed E-state index contributed by atoms with van der Waals surface area (Å²) in [4.78, 5) is 45.5. The number of fused-ring (bicyclic) bond motifs is 1. The van der Waals surface area contributed by atoms with Gasteiger partial charge < -0.3 is 14.6 Å². The molecule has 172 valence electrons. The quantitative estimate of drug-likeness (QED) is 0.595. The number of thiazole rings is 1. The third kappa shape index (κ3) is 3.86. The molecule has 9 heteroatoms. The van der Waals surface area contributed by atoms with Crippen LogP contribution in [-0.4, -0.2) is 43.3 Å². The molecule has 1 amide bonds. The van der Waals surface area contributed by atoms with Crippen LogP contribution in [0.25, 0.3) is 10.6 Å². The van der Waals surface area contributed by atoms with E-state index < -0.39 is 22.6 Å². The fourth-order valence-corrected chi connectivity index (χ4v) is 5.30. The van der Waals surface area contributed by atoms with E-state index in [-0.39, 0.29) is 42.4 Å². The van der Waals surface area contributed by atoms with Gasteiger partial charge in [-0.05, 0) is 31.5 Å². The predicted octanol–water partition coefficient (Wildman–Crippen LogP) is 3.62. The van der Waals surface area contributed by atoms with Crippen molar-refractivity contribution in [2.45, 2.75) is 45.7 Å². The highest BCUT2D eigenvalue weighted by atomic mass is 32.1. The summed E-state index contributed by atoms with van der Waals surface area (Å²) in [6.07, 6.45) is 3.92. The number of hydrogen-bond donors (Lipinski definition) is 1. The van der Waals surface area contributed by atoms with Gasteiger partial charge in [-0.1, -0.05) is 19.1 Å². The van der Waals surface area contributed by atoms with Crippen molar-refractivity contribution in [2.75, 3.05) is 6.54 Å². The molecule has 0 radical (unpaired) electrons. The first kappa shape index (κ1) is 22.8. The topological polar surface area (TPSA) is 92.5 Å². The average molecular weight is 470 g/mol. The Labute approximate surface area is 194 Å². The molecule has 33 heavy (non-hydrogen) atoms. The first-order valence-corrected chi connectivity index (χ1v) is 11.5. The van der Waals surface area contributed by atoms with E-state index in [2.05, 4.69) is 4.98 Å². The fraction of sp³-hybridized carbons (Fsp3) is 0.333. The molecular formula is C24H24FN3O4S. The molecule has 4 rings (SSSR count). The number of amides is 1. The fourth-order valence-electron chi connectivity index (χ4n) is 4.35. The van der Waals surface area contributed by atoms with E-state index in [1.807, 2.05) is 0 Å². The highest BCUT2D eigenvalue weighted by Gasteiger charge is 2.46. The molecule has 7 nitrogen and oxygen atoms in total. The van der Waals surface area contributed by atoms with Gasteiger partial charge in [0.1, 0.15) is 16.4 Å². The van der Waals surface area contributed by atoms with Crippen molar-refractivity contribution in [3.63, 3.8) is 0 Å². The number of halogens is 1. The molecule has 3 heterocycles. The predicted molar refractivity (Wildman–Crippen MR) is 123 cm³/mol. The van der Waals surface area contributed by atoms with Crippen LogP contribution < -0.4 is 5.43 Å². The van der Waals surface area contributed by atoms with Crippen LogP contribution >= 0.6 is 11.3 Å². The Balaban J connectivity index is 1.75. The first-order chi connectivity index (χ1) is 15.7. The van der Waals surface area contributed by atoms with Crippen molar-refractivity contribution in [1.29, 1.82) is 0 Å². The summed E-state index contributed by atoms with van der Waals surface area (Å²) in [6.45, 7) is 5.62. The lowest BCUT2D eigenvalue weighted by Gasteiger charge is -2.44. The number of hydrogen-bond acceptors (Lipinski definition) is 6. The van der Waals surface area contributed by atoms with E-state index in [9.17, 15) is 23.9 Å². The molecule has 0 spiro atoms. The van der Waals surface area contributed by atoms with Crippen LogP contribution in [-0.2, 0) is 17.8 Å². The van der Waals surface area contributed by atoms with Gasteiger partial charge in [0.05, 0.1) is 12.1 Å². The van der Waals surface area contributed by atoms with Gasteiger partial charge in [0, 0.05) is 36.7 Å². The Morgan fingerprint density at radius 3 is 2.58 bits per heavy atom. The highest BCUT2D eigenvalue weighted by Crippen LogP contribution is 2.34. The molecular weight excluding hydrogens is 445 g/mol. The summed E-state index contributed by atoms with van der Waals surface area (Å²) >= 11 is 1.28. The lowest BCUT2D eigenvalue weighted by atomic mass is 9.89. The van der Waals surface area contributed by atoms with Crippen molar-refractivity contribution >= 4 is 23.0 Å². The minimum atomic E-state index is -1.08. The number of Topliss-reactive ketones (excluding diaryl/α,β-unsaturated/α-hetero) is 1. The number of ketones is 1. The molecule has 1 N–H and O–H groups in total. The van der Waals surface area contributed by atoms with E-state index in [0.29, 0.717) is 11.4 Å². The van der Waals surface area contributed by atoms with Crippen LogP contribution in [0.3, 0.4) is 0 Å². The Bertz CT molecular complexity index is 1300. The Morgan fingerprint density at radius 2 is 1.94 bits per heavy atom. The number of aromatic hydroxyl groups is 1. The molecule has 1 atom stereocenters. The van der Waals surface area contributed by atoms with Gasteiger partial charge >= 0.3 is 0 Å². The van der Waals surface area contributed by atoms with Gasteiger partial charge in [-0.25, -0.2) is 9.37 Å². The molecule has 3 aromatic rings. The number of nitrogens with zero attached hydrogens (tertiary/aromatic N) is 3. The summed E-state index contributed by atoms with van der Waals surface area (Å²) in [5.74, 6) is -1.60. The van der Waals surface area contributed by atoms with Crippen molar-refractivity contribution in [2.24, 2.45) is 0 Å². The normalized spacial score (nSPS) is 17.8. The third-order valence-electron chi connectivity index (χ3n) is 6.09. The maximum atomic E-state index is 13.2.